The quantitative estimate of drug-likeness (QED) is 0.650. The monoisotopic (exact) mass is 180 g/mol. The molecular weight excluding hydrogens is 171 g/mol. The fraction of sp³-hybridized carbons (Fsp3) is 0.800. The lowest BCUT2D eigenvalue weighted by atomic mass is 10.5. The van der Waals surface area contributed by atoms with Crippen molar-refractivity contribution in [3.05, 3.63) is 0 Å². The van der Waals surface area contributed by atoms with Gasteiger partial charge in [-0.1, -0.05) is 0 Å². The minimum atomic E-state index is -3.62. The summed E-state index contributed by atoms with van der Waals surface area (Å²) in [5.74, 6) is 0. The summed E-state index contributed by atoms with van der Waals surface area (Å²) < 4.78 is 35.1. The van der Waals surface area contributed by atoms with E-state index in [2.05, 4.69) is 0 Å². The second kappa shape index (κ2) is 4.26. The van der Waals surface area contributed by atoms with Crippen LogP contribution in [0.15, 0.2) is 0 Å². The van der Waals surface area contributed by atoms with E-state index in [1.807, 2.05) is 4.72 Å². The molecular formula is C5H9FN2O2S. The van der Waals surface area contributed by atoms with Crippen LogP contribution in [0.25, 0.3) is 0 Å². The van der Waals surface area contributed by atoms with Gasteiger partial charge in [-0.15, -0.1) is 0 Å². The van der Waals surface area contributed by atoms with Gasteiger partial charge < -0.3 is 0 Å². The molecule has 1 unspecified atom stereocenters. The molecule has 1 N–H and O–H groups in total. The van der Waals surface area contributed by atoms with E-state index < -0.39 is 21.9 Å². The summed E-state index contributed by atoms with van der Waals surface area (Å²) in [6, 6.07) is 1.54. The molecule has 11 heavy (non-hydrogen) atoms. The van der Waals surface area contributed by atoms with Crippen molar-refractivity contribution >= 4 is 10.0 Å². The SMILES string of the molecule is CC(C#N)S(=O)(=O)NCCF. The maximum atomic E-state index is 11.5. The number of sulfonamides is 1. The molecule has 0 bridgehead atoms. The number of alkyl halides is 1. The van der Waals surface area contributed by atoms with Gasteiger partial charge in [-0.05, 0) is 6.92 Å². The number of nitrogens with one attached hydrogen (secondary N) is 1. The third-order valence-corrected chi connectivity index (χ3v) is 2.69. The van der Waals surface area contributed by atoms with Crippen molar-refractivity contribution in [2.24, 2.45) is 0 Å². The highest BCUT2D eigenvalue weighted by Crippen LogP contribution is 1.94. The van der Waals surface area contributed by atoms with Crippen LogP contribution in [0.5, 0.6) is 0 Å². The van der Waals surface area contributed by atoms with Crippen molar-refractivity contribution in [1.29, 1.82) is 5.26 Å². The molecule has 0 fully saturated rings. The van der Waals surface area contributed by atoms with Crippen molar-refractivity contribution < 1.29 is 12.8 Å². The Hall–Kier alpha value is -0.670. The second-order valence-corrected chi connectivity index (χ2v) is 3.99. The zero-order chi connectivity index (χ0) is 8.91. The molecule has 0 aliphatic rings. The lowest BCUT2D eigenvalue weighted by Crippen LogP contribution is -2.33. The van der Waals surface area contributed by atoms with Crippen LogP contribution in [0, 0.1) is 11.3 Å². The fourth-order valence-corrected chi connectivity index (χ4v) is 1.13. The highest BCUT2D eigenvalue weighted by Gasteiger charge is 2.18. The molecule has 0 aromatic carbocycles. The van der Waals surface area contributed by atoms with E-state index in [4.69, 9.17) is 5.26 Å². The largest absolute Gasteiger partial charge is 0.250 e. The van der Waals surface area contributed by atoms with Crippen LogP contribution in [-0.2, 0) is 10.0 Å². The average molecular weight is 180 g/mol. The van der Waals surface area contributed by atoms with Crippen molar-refractivity contribution in [1.82, 2.24) is 4.72 Å². The first-order valence-electron chi connectivity index (χ1n) is 2.98. The molecule has 0 saturated heterocycles. The molecule has 0 spiro atoms. The van der Waals surface area contributed by atoms with Crippen LogP contribution in [-0.4, -0.2) is 26.9 Å². The van der Waals surface area contributed by atoms with E-state index in [0.29, 0.717) is 0 Å². The molecule has 0 radical (unpaired) electrons. The predicted octanol–water partition coefficient (Wildman–Crippen LogP) is -0.213. The summed E-state index contributed by atoms with van der Waals surface area (Å²) in [5, 5.41) is 7.08. The Morgan fingerprint density at radius 3 is 2.64 bits per heavy atom. The summed E-state index contributed by atoms with van der Waals surface area (Å²) in [4.78, 5) is 0. The fourth-order valence-electron chi connectivity index (χ4n) is 0.375. The van der Waals surface area contributed by atoms with E-state index in [9.17, 15) is 12.8 Å². The Labute approximate surface area is 65.1 Å². The number of hydrogen-bond acceptors (Lipinski definition) is 3. The van der Waals surface area contributed by atoms with Gasteiger partial charge in [0.15, 0.2) is 5.25 Å². The number of nitrogens with zero attached hydrogens (tertiary/aromatic N) is 1. The minimum absolute atomic E-state index is 0.269. The maximum absolute atomic E-state index is 11.5. The third-order valence-electron chi connectivity index (χ3n) is 1.04. The predicted molar refractivity (Wildman–Crippen MR) is 38.0 cm³/mol. The molecule has 0 aliphatic carbocycles. The average Bonchev–Trinajstić information content (AvgIpc) is 1.99. The first-order valence-corrected chi connectivity index (χ1v) is 4.53. The summed E-state index contributed by atoms with van der Waals surface area (Å²) >= 11 is 0. The van der Waals surface area contributed by atoms with Crippen LogP contribution >= 0.6 is 0 Å². The smallest absolute Gasteiger partial charge is 0.227 e. The standard InChI is InChI=1S/C5H9FN2O2S/c1-5(4-7)11(9,10)8-3-2-6/h5,8H,2-3H2,1H3. The Bertz CT molecular complexity index is 244. The van der Waals surface area contributed by atoms with E-state index in [1.54, 1.807) is 6.07 Å². The number of halogens is 1. The zero-order valence-electron chi connectivity index (χ0n) is 6.04. The van der Waals surface area contributed by atoms with E-state index >= 15 is 0 Å². The lowest BCUT2D eigenvalue weighted by Gasteiger charge is -2.04. The van der Waals surface area contributed by atoms with Gasteiger partial charge in [-0.3, -0.25) is 0 Å². The van der Waals surface area contributed by atoms with Crippen LogP contribution in [0.3, 0.4) is 0 Å². The Morgan fingerprint density at radius 2 is 2.27 bits per heavy atom. The number of nitriles is 1. The van der Waals surface area contributed by atoms with Crippen LogP contribution in [0.4, 0.5) is 4.39 Å². The van der Waals surface area contributed by atoms with Crippen molar-refractivity contribution in [2.75, 3.05) is 13.2 Å². The van der Waals surface area contributed by atoms with Gasteiger partial charge in [0.25, 0.3) is 0 Å². The van der Waals surface area contributed by atoms with Gasteiger partial charge in [0.05, 0.1) is 6.07 Å². The molecule has 6 heteroatoms. The van der Waals surface area contributed by atoms with Gasteiger partial charge in [0.2, 0.25) is 10.0 Å². The maximum Gasteiger partial charge on any atom is 0.227 e. The van der Waals surface area contributed by atoms with Crippen molar-refractivity contribution in [3.8, 4) is 6.07 Å². The molecule has 64 valence electrons. The molecule has 4 nitrogen and oxygen atoms in total. The van der Waals surface area contributed by atoms with Crippen LogP contribution in [0.2, 0.25) is 0 Å². The first-order chi connectivity index (χ1) is 5.04. The van der Waals surface area contributed by atoms with E-state index in [0.717, 1.165) is 0 Å². The summed E-state index contributed by atoms with van der Waals surface area (Å²) in [6.07, 6.45) is 0. The Kier molecular flexibility index (Phi) is 4.00. The normalized spacial score (nSPS) is 13.9. The summed E-state index contributed by atoms with van der Waals surface area (Å²) in [7, 11) is -3.62. The van der Waals surface area contributed by atoms with E-state index in [-0.39, 0.29) is 6.54 Å². The van der Waals surface area contributed by atoms with Crippen LogP contribution in [0.1, 0.15) is 6.92 Å². The highest BCUT2D eigenvalue weighted by atomic mass is 32.2. The third kappa shape index (κ3) is 3.30. The summed E-state index contributed by atoms with van der Waals surface area (Å²) in [5.41, 5.74) is 0. The molecule has 0 heterocycles. The van der Waals surface area contributed by atoms with Crippen molar-refractivity contribution in [2.45, 2.75) is 12.2 Å². The number of rotatable bonds is 4. The van der Waals surface area contributed by atoms with Crippen LogP contribution < -0.4 is 4.72 Å². The van der Waals surface area contributed by atoms with Gasteiger partial charge in [-0.2, -0.15) is 5.26 Å². The Balaban J connectivity index is 4.15. The van der Waals surface area contributed by atoms with Gasteiger partial charge >= 0.3 is 0 Å². The number of hydrogen-bond donors (Lipinski definition) is 1. The topological polar surface area (TPSA) is 70.0 Å². The molecule has 0 aliphatic heterocycles. The molecule has 0 aromatic rings. The van der Waals surface area contributed by atoms with Gasteiger partial charge in [0.1, 0.15) is 6.67 Å². The van der Waals surface area contributed by atoms with Gasteiger partial charge in [-0.25, -0.2) is 17.5 Å². The minimum Gasteiger partial charge on any atom is -0.250 e. The highest BCUT2D eigenvalue weighted by molar-refractivity contribution is 7.90. The first kappa shape index (κ1) is 10.3. The Morgan fingerprint density at radius 1 is 1.73 bits per heavy atom. The molecule has 0 saturated carbocycles. The lowest BCUT2D eigenvalue weighted by molar-refractivity contribution is 0.486. The molecule has 0 amide bonds. The van der Waals surface area contributed by atoms with Gasteiger partial charge in [0, 0.05) is 6.54 Å². The molecule has 1 atom stereocenters. The molecule has 0 rings (SSSR count). The second-order valence-electron chi connectivity index (χ2n) is 1.90. The summed E-state index contributed by atoms with van der Waals surface area (Å²) in [6.45, 7) is 0.201. The zero-order valence-corrected chi connectivity index (χ0v) is 6.86. The molecule has 0 aromatic heterocycles. The van der Waals surface area contributed by atoms with Crippen molar-refractivity contribution in [3.63, 3.8) is 0 Å². The van der Waals surface area contributed by atoms with E-state index in [1.165, 1.54) is 6.92 Å².